The van der Waals surface area contributed by atoms with E-state index in [0.717, 1.165) is 4.57 Å². The third-order valence-corrected chi connectivity index (χ3v) is 2.49. The fourth-order valence-corrected chi connectivity index (χ4v) is 1.55. The predicted molar refractivity (Wildman–Crippen MR) is 59.4 cm³/mol. The highest BCUT2D eigenvalue weighted by Crippen LogP contribution is 2.28. The van der Waals surface area contributed by atoms with Crippen LogP contribution in [0.15, 0.2) is 12.1 Å². The Morgan fingerprint density at radius 2 is 2.05 bits per heavy atom. The van der Waals surface area contributed by atoms with Crippen molar-refractivity contribution in [2.75, 3.05) is 12.8 Å². The number of hydrogen-bond donors (Lipinski definition) is 1. The van der Waals surface area contributed by atoms with E-state index in [9.17, 15) is 17.6 Å². The molecule has 0 unspecified atom stereocenters. The third kappa shape index (κ3) is 2.40. The first-order valence-corrected chi connectivity index (χ1v) is 5.18. The van der Waals surface area contributed by atoms with Crippen LogP contribution in [0.3, 0.4) is 0 Å². The van der Waals surface area contributed by atoms with E-state index in [1.165, 1.54) is 19.2 Å². The molecule has 104 valence electrons. The Balaban J connectivity index is 2.50. The van der Waals surface area contributed by atoms with Gasteiger partial charge in [-0.25, -0.2) is 13.8 Å². The van der Waals surface area contributed by atoms with Crippen LogP contribution < -0.4 is 10.5 Å². The maximum atomic E-state index is 13.1. The van der Waals surface area contributed by atoms with E-state index < -0.39 is 18.9 Å². The van der Waals surface area contributed by atoms with Crippen molar-refractivity contribution < 1.29 is 22.3 Å². The Morgan fingerprint density at radius 1 is 1.37 bits per heavy atom. The van der Waals surface area contributed by atoms with Gasteiger partial charge in [0.25, 0.3) is 0 Å². The van der Waals surface area contributed by atoms with Crippen LogP contribution in [0.2, 0.25) is 0 Å². The van der Waals surface area contributed by atoms with Crippen LogP contribution in [0.1, 0.15) is 0 Å². The first-order valence-electron chi connectivity index (χ1n) is 5.18. The lowest BCUT2D eigenvalue weighted by Crippen LogP contribution is -2.32. The topological polar surface area (TPSA) is 66.0 Å². The largest absolute Gasteiger partial charge is 0.481 e. The molecule has 0 radical (unpaired) electrons. The molecule has 0 saturated heterocycles. The Kier molecular flexibility index (Phi) is 3.21. The zero-order valence-electron chi connectivity index (χ0n) is 9.78. The molecule has 0 aliphatic carbocycles. The standard InChI is InChI=1S/C10H10F4N4O/c1-19-6-3-2-5-7(17-6)18(9(15)16-5)4-10(13,14)8(11)12/h2-3,8H,4H2,1H3,(H2,15,16). The van der Waals surface area contributed by atoms with Gasteiger partial charge in [-0.3, -0.25) is 4.57 Å². The van der Waals surface area contributed by atoms with Crippen molar-refractivity contribution in [3.05, 3.63) is 12.1 Å². The minimum absolute atomic E-state index is 0.0304. The number of pyridine rings is 1. The number of fused-ring (bicyclic) bond motifs is 1. The zero-order valence-corrected chi connectivity index (χ0v) is 9.78. The molecule has 2 heterocycles. The maximum absolute atomic E-state index is 13.1. The van der Waals surface area contributed by atoms with Gasteiger partial charge in [-0.05, 0) is 6.07 Å². The van der Waals surface area contributed by atoms with Gasteiger partial charge in [-0.1, -0.05) is 0 Å². The molecular weight excluding hydrogens is 268 g/mol. The van der Waals surface area contributed by atoms with Crippen LogP contribution >= 0.6 is 0 Å². The van der Waals surface area contributed by atoms with Crippen LogP contribution in [0.25, 0.3) is 11.2 Å². The van der Waals surface area contributed by atoms with Gasteiger partial charge >= 0.3 is 12.3 Å². The van der Waals surface area contributed by atoms with Crippen molar-refractivity contribution in [2.45, 2.75) is 18.9 Å². The number of nitrogens with two attached hydrogens (primary N) is 1. The number of halogens is 4. The summed E-state index contributed by atoms with van der Waals surface area (Å²) in [6.45, 7) is -1.30. The van der Waals surface area contributed by atoms with E-state index in [1.54, 1.807) is 0 Å². The van der Waals surface area contributed by atoms with Crippen LogP contribution in [0.5, 0.6) is 5.88 Å². The maximum Gasteiger partial charge on any atom is 0.325 e. The number of methoxy groups -OCH3 is 1. The number of imidazole rings is 1. The van der Waals surface area contributed by atoms with Crippen LogP contribution in [-0.4, -0.2) is 34.0 Å². The van der Waals surface area contributed by atoms with Crippen LogP contribution in [0.4, 0.5) is 23.5 Å². The lowest BCUT2D eigenvalue weighted by molar-refractivity contribution is -0.137. The molecule has 0 atom stereocenters. The number of rotatable bonds is 4. The summed E-state index contributed by atoms with van der Waals surface area (Å²) in [6, 6.07) is 2.92. The molecule has 0 saturated carbocycles. The fourth-order valence-electron chi connectivity index (χ4n) is 1.55. The van der Waals surface area contributed by atoms with E-state index in [0.29, 0.717) is 0 Å². The summed E-state index contributed by atoms with van der Waals surface area (Å²) in [7, 11) is 1.34. The van der Waals surface area contributed by atoms with Gasteiger partial charge < -0.3 is 10.5 Å². The SMILES string of the molecule is COc1ccc2nc(N)n(CC(F)(F)C(F)F)c2n1. The normalized spacial score (nSPS) is 12.3. The highest BCUT2D eigenvalue weighted by molar-refractivity contribution is 5.74. The van der Waals surface area contributed by atoms with Crippen molar-refractivity contribution in [2.24, 2.45) is 0 Å². The molecule has 0 fully saturated rings. The molecular formula is C10H10F4N4O. The quantitative estimate of drug-likeness (QED) is 0.868. The number of ether oxygens (including phenoxy) is 1. The van der Waals surface area contributed by atoms with Gasteiger partial charge in [-0.2, -0.15) is 13.8 Å². The average molecular weight is 278 g/mol. The molecule has 2 aromatic heterocycles. The molecule has 0 spiro atoms. The van der Waals surface area contributed by atoms with Crippen molar-refractivity contribution in [3.63, 3.8) is 0 Å². The van der Waals surface area contributed by atoms with Gasteiger partial charge in [0.15, 0.2) is 5.65 Å². The van der Waals surface area contributed by atoms with Gasteiger partial charge in [0.2, 0.25) is 11.8 Å². The van der Waals surface area contributed by atoms with E-state index in [1.807, 2.05) is 0 Å². The number of anilines is 1. The molecule has 5 nitrogen and oxygen atoms in total. The number of alkyl halides is 4. The van der Waals surface area contributed by atoms with Crippen molar-refractivity contribution in [1.29, 1.82) is 0 Å². The van der Waals surface area contributed by atoms with E-state index >= 15 is 0 Å². The predicted octanol–water partition coefficient (Wildman–Crippen LogP) is 1.92. The van der Waals surface area contributed by atoms with E-state index in [-0.39, 0.29) is 23.0 Å². The van der Waals surface area contributed by atoms with Crippen LogP contribution in [0, 0.1) is 0 Å². The monoisotopic (exact) mass is 278 g/mol. The second kappa shape index (κ2) is 4.56. The molecule has 0 aliphatic rings. The highest BCUT2D eigenvalue weighted by atomic mass is 19.3. The number of nitrogens with zero attached hydrogens (tertiary/aromatic N) is 3. The van der Waals surface area contributed by atoms with E-state index in [2.05, 4.69) is 9.97 Å². The van der Waals surface area contributed by atoms with Gasteiger partial charge in [0, 0.05) is 6.07 Å². The molecule has 0 bridgehead atoms. The van der Waals surface area contributed by atoms with Crippen molar-refractivity contribution in [3.8, 4) is 5.88 Å². The molecule has 9 heteroatoms. The summed E-state index contributed by atoms with van der Waals surface area (Å²) in [5.74, 6) is -4.38. The van der Waals surface area contributed by atoms with E-state index in [4.69, 9.17) is 10.5 Å². The number of aromatic nitrogens is 3. The minimum atomic E-state index is -4.22. The molecule has 2 aromatic rings. The molecule has 0 aromatic carbocycles. The molecule has 2 rings (SSSR count). The summed E-state index contributed by atoms with van der Waals surface area (Å²) in [5, 5.41) is 0. The van der Waals surface area contributed by atoms with Gasteiger partial charge in [0.1, 0.15) is 5.52 Å². The smallest absolute Gasteiger partial charge is 0.325 e. The summed E-state index contributed by atoms with van der Waals surface area (Å²) in [5.41, 5.74) is 5.64. The lowest BCUT2D eigenvalue weighted by atomic mass is 10.3. The Morgan fingerprint density at radius 3 is 2.63 bits per heavy atom. The number of hydrogen-bond acceptors (Lipinski definition) is 4. The Bertz CT molecular complexity index is 598. The first-order chi connectivity index (χ1) is 8.85. The summed E-state index contributed by atoms with van der Waals surface area (Å²) < 4.78 is 56.2. The minimum Gasteiger partial charge on any atom is -0.481 e. The molecule has 0 aliphatic heterocycles. The fraction of sp³-hybridized carbons (Fsp3) is 0.400. The molecule has 0 amide bonds. The summed E-state index contributed by atoms with van der Waals surface area (Å²) in [4.78, 5) is 7.65. The highest BCUT2D eigenvalue weighted by Gasteiger charge is 2.42. The average Bonchev–Trinajstić information content (AvgIpc) is 2.64. The van der Waals surface area contributed by atoms with Crippen molar-refractivity contribution in [1.82, 2.24) is 14.5 Å². The zero-order chi connectivity index (χ0) is 14.2. The summed E-state index contributed by atoms with van der Waals surface area (Å²) >= 11 is 0. The lowest BCUT2D eigenvalue weighted by Gasteiger charge is -2.16. The van der Waals surface area contributed by atoms with Crippen molar-refractivity contribution >= 4 is 17.1 Å². The Hall–Kier alpha value is -2.06. The number of nitrogen functional groups attached to an aromatic ring is 1. The van der Waals surface area contributed by atoms with Crippen LogP contribution in [-0.2, 0) is 6.54 Å². The van der Waals surface area contributed by atoms with Gasteiger partial charge in [-0.15, -0.1) is 0 Å². The third-order valence-electron chi connectivity index (χ3n) is 2.49. The second-order valence-corrected chi connectivity index (χ2v) is 3.81. The summed E-state index contributed by atoms with van der Waals surface area (Å²) in [6.07, 6.45) is -3.80. The second-order valence-electron chi connectivity index (χ2n) is 3.81. The molecule has 2 N–H and O–H groups in total. The Labute approximate surface area is 105 Å². The first kappa shape index (κ1) is 13.4. The molecule has 19 heavy (non-hydrogen) atoms. The van der Waals surface area contributed by atoms with Gasteiger partial charge in [0.05, 0.1) is 13.7 Å².